The Morgan fingerprint density at radius 2 is 1.85 bits per heavy atom. The second-order valence-corrected chi connectivity index (χ2v) is 7.11. The van der Waals surface area contributed by atoms with E-state index in [9.17, 15) is 4.79 Å². The van der Waals surface area contributed by atoms with Gasteiger partial charge in [0.15, 0.2) is 17.3 Å². The Morgan fingerprint density at radius 1 is 1.11 bits per heavy atom. The number of piperidine rings is 1. The van der Waals surface area contributed by atoms with Crippen molar-refractivity contribution in [1.29, 1.82) is 0 Å². The van der Waals surface area contributed by atoms with Crippen molar-refractivity contribution in [2.75, 3.05) is 32.6 Å². The fraction of sp³-hybridized carbons (Fsp3) is 0.526. The van der Waals surface area contributed by atoms with E-state index in [0.29, 0.717) is 42.1 Å². The van der Waals surface area contributed by atoms with Gasteiger partial charge in [-0.1, -0.05) is 0 Å². The maximum absolute atomic E-state index is 12.6. The van der Waals surface area contributed by atoms with Crippen LogP contribution in [0.5, 0.6) is 11.5 Å². The first-order valence-electron chi connectivity index (χ1n) is 9.38. The lowest BCUT2D eigenvalue weighted by Crippen LogP contribution is -2.40. The summed E-state index contributed by atoms with van der Waals surface area (Å²) < 4.78 is 10.5. The van der Waals surface area contributed by atoms with Gasteiger partial charge in [-0.05, 0) is 37.8 Å². The number of nitrogens with zero attached hydrogens (tertiary/aromatic N) is 3. The van der Waals surface area contributed by atoms with E-state index < -0.39 is 0 Å². The molecule has 1 saturated heterocycles. The van der Waals surface area contributed by atoms with Gasteiger partial charge >= 0.3 is 6.03 Å². The fourth-order valence-corrected chi connectivity index (χ4v) is 3.47. The molecule has 1 saturated carbocycles. The summed E-state index contributed by atoms with van der Waals surface area (Å²) in [5.74, 6) is 4.05. The molecule has 0 atom stereocenters. The van der Waals surface area contributed by atoms with E-state index in [1.54, 1.807) is 32.4 Å². The Bertz CT molecular complexity index is 809. The third kappa shape index (κ3) is 3.84. The number of aromatic nitrogens is 3. The molecule has 2 aromatic rings. The Balaban J connectivity index is 1.33. The number of nitrogens with one attached hydrogen (secondary N) is 2. The molecule has 0 radical (unpaired) electrons. The van der Waals surface area contributed by atoms with E-state index in [1.165, 1.54) is 12.8 Å². The van der Waals surface area contributed by atoms with Gasteiger partial charge in [0, 0.05) is 36.7 Å². The quantitative estimate of drug-likeness (QED) is 0.842. The van der Waals surface area contributed by atoms with E-state index in [-0.39, 0.29) is 6.03 Å². The number of urea groups is 1. The van der Waals surface area contributed by atoms with Crippen molar-refractivity contribution in [2.45, 2.75) is 37.5 Å². The molecule has 0 unspecified atom stereocenters. The minimum Gasteiger partial charge on any atom is -0.493 e. The van der Waals surface area contributed by atoms with Crippen molar-refractivity contribution in [2.24, 2.45) is 0 Å². The number of methoxy groups -OCH3 is 2. The first kappa shape index (κ1) is 17.6. The highest BCUT2D eigenvalue weighted by Gasteiger charge is 2.30. The van der Waals surface area contributed by atoms with Crippen LogP contribution < -0.4 is 14.8 Å². The number of amides is 2. The smallest absolute Gasteiger partial charge is 0.321 e. The second-order valence-electron chi connectivity index (χ2n) is 7.11. The molecule has 0 spiro atoms. The van der Waals surface area contributed by atoms with Gasteiger partial charge in [0.1, 0.15) is 5.82 Å². The molecule has 144 valence electrons. The summed E-state index contributed by atoms with van der Waals surface area (Å²) in [7, 11) is 3.16. The number of hydrogen-bond acceptors (Lipinski definition) is 5. The molecule has 2 heterocycles. The monoisotopic (exact) mass is 371 g/mol. The van der Waals surface area contributed by atoms with Gasteiger partial charge in [0.05, 0.1) is 14.2 Å². The van der Waals surface area contributed by atoms with E-state index in [4.69, 9.17) is 9.47 Å². The van der Waals surface area contributed by atoms with Crippen LogP contribution in [0.3, 0.4) is 0 Å². The van der Waals surface area contributed by atoms with Crippen LogP contribution in [-0.2, 0) is 0 Å². The summed E-state index contributed by atoms with van der Waals surface area (Å²) in [5, 5.41) is 10.4. The standard InChI is InChI=1S/C19H25N5O3/c1-26-15-6-5-14(11-16(15)27-2)20-19(25)24-9-7-13(8-10-24)18-21-17(22-23-18)12-3-4-12/h5-6,11-13H,3-4,7-10H2,1-2H3,(H,20,25)(H,21,22,23). The summed E-state index contributed by atoms with van der Waals surface area (Å²) in [4.78, 5) is 19.1. The molecule has 1 aromatic heterocycles. The number of carbonyl (C=O) groups excluding carboxylic acids is 1. The molecule has 1 aliphatic carbocycles. The first-order chi connectivity index (χ1) is 13.2. The topological polar surface area (TPSA) is 92.4 Å². The van der Waals surface area contributed by atoms with Gasteiger partial charge in [0.25, 0.3) is 0 Å². The molecule has 2 N–H and O–H groups in total. The zero-order valence-electron chi connectivity index (χ0n) is 15.7. The van der Waals surface area contributed by atoms with Crippen LogP contribution in [-0.4, -0.2) is 53.4 Å². The van der Waals surface area contributed by atoms with E-state index in [0.717, 1.165) is 24.5 Å². The highest BCUT2D eigenvalue weighted by atomic mass is 16.5. The third-order valence-electron chi connectivity index (χ3n) is 5.27. The van der Waals surface area contributed by atoms with Crippen molar-refractivity contribution < 1.29 is 14.3 Å². The molecular weight excluding hydrogens is 346 g/mol. The molecule has 2 aliphatic rings. The maximum Gasteiger partial charge on any atom is 0.321 e. The summed E-state index contributed by atoms with van der Waals surface area (Å²) in [6.07, 6.45) is 4.18. The number of aromatic amines is 1. The number of benzene rings is 1. The third-order valence-corrected chi connectivity index (χ3v) is 5.27. The number of likely N-dealkylation sites (tertiary alicyclic amines) is 1. The van der Waals surface area contributed by atoms with Crippen molar-refractivity contribution in [3.05, 3.63) is 29.8 Å². The minimum atomic E-state index is -0.100. The number of rotatable bonds is 5. The van der Waals surface area contributed by atoms with Gasteiger partial charge in [0.2, 0.25) is 0 Å². The van der Waals surface area contributed by atoms with Gasteiger partial charge in [-0.15, -0.1) is 0 Å². The molecule has 2 amide bonds. The van der Waals surface area contributed by atoms with Crippen LogP contribution in [0, 0.1) is 0 Å². The maximum atomic E-state index is 12.6. The van der Waals surface area contributed by atoms with Crippen LogP contribution in [0.2, 0.25) is 0 Å². The van der Waals surface area contributed by atoms with Gasteiger partial charge in [-0.3, -0.25) is 5.10 Å². The van der Waals surface area contributed by atoms with E-state index >= 15 is 0 Å². The minimum absolute atomic E-state index is 0.100. The first-order valence-corrected chi connectivity index (χ1v) is 9.38. The molecule has 8 nitrogen and oxygen atoms in total. The van der Waals surface area contributed by atoms with Crippen LogP contribution in [0.1, 0.15) is 49.2 Å². The van der Waals surface area contributed by atoms with Gasteiger partial charge in [-0.2, -0.15) is 5.10 Å². The second kappa shape index (κ2) is 7.46. The van der Waals surface area contributed by atoms with Crippen LogP contribution in [0.4, 0.5) is 10.5 Å². The molecule has 1 aliphatic heterocycles. The summed E-state index contributed by atoms with van der Waals surface area (Å²) >= 11 is 0. The molecule has 1 aromatic carbocycles. The van der Waals surface area contributed by atoms with E-state index in [1.807, 2.05) is 4.90 Å². The molecular formula is C19H25N5O3. The van der Waals surface area contributed by atoms with Crippen molar-refractivity contribution in [3.63, 3.8) is 0 Å². The summed E-state index contributed by atoms with van der Waals surface area (Å²) in [5.41, 5.74) is 0.684. The Kier molecular flexibility index (Phi) is 4.87. The van der Waals surface area contributed by atoms with E-state index in [2.05, 4.69) is 20.5 Å². The lowest BCUT2D eigenvalue weighted by atomic mass is 9.96. The van der Waals surface area contributed by atoms with Gasteiger partial charge in [-0.25, -0.2) is 9.78 Å². The van der Waals surface area contributed by atoms with Crippen LogP contribution >= 0.6 is 0 Å². The highest BCUT2D eigenvalue weighted by molar-refractivity contribution is 5.89. The SMILES string of the molecule is COc1ccc(NC(=O)N2CCC(c3nc(C4CC4)n[nH]3)CC2)cc1OC. The number of ether oxygens (including phenoxy) is 2. The number of H-pyrrole nitrogens is 1. The Hall–Kier alpha value is -2.77. The average molecular weight is 371 g/mol. The van der Waals surface area contributed by atoms with Crippen LogP contribution in [0.15, 0.2) is 18.2 Å². The number of anilines is 1. The predicted octanol–water partition coefficient (Wildman–Crippen LogP) is 3.11. The Morgan fingerprint density at radius 3 is 2.52 bits per heavy atom. The zero-order valence-corrected chi connectivity index (χ0v) is 15.7. The number of hydrogen-bond donors (Lipinski definition) is 2. The van der Waals surface area contributed by atoms with Crippen molar-refractivity contribution in [1.82, 2.24) is 20.1 Å². The summed E-state index contributed by atoms with van der Waals surface area (Å²) in [6, 6.07) is 5.25. The average Bonchev–Trinajstić information content (AvgIpc) is 3.44. The van der Waals surface area contributed by atoms with Crippen LogP contribution in [0.25, 0.3) is 0 Å². The highest BCUT2D eigenvalue weighted by Crippen LogP contribution is 2.38. The van der Waals surface area contributed by atoms with Crippen molar-refractivity contribution in [3.8, 4) is 11.5 Å². The molecule has 2 fully saturated rings. The molecule has 8 heteroatoms. The number of carbonyl (C=O) groups is 1. The predicted molar refractivity (Wildman–Crippen MR) is 100 cm³/mol. The summed E-state index contributed by atoms with van der Waals surface area (Å²) in [6.45, 7) is 1.40. The Labute approximate surface area is 158 Å². The fourth-order valence-electron chi connectivity index (χ4n) is 3.47. The lowest BCUT2D eigenvalue weighted by Gasteiger charge is -2.31. The largest absolute Gasteiger partial charge is 0.493 e. The molecule has 0 bridgehead atoms. The van der Waals surface area contributed by atoms with Crippen molar-refractivity contribution >= 4 is 11.7 Å². The molecule has 27 heavy (non-hydrogen) atoms. The normalized spacial score (nSPS) is 17.6. The zero-order chi connectivity index (χ0) is 18.8. The molecule has 4 rings (SSSR count). The lowest BCUT2D eigenvalue weighted by molar-refractivity contribution is 0.193. The van der Waals surface area contributed by atoms with Gasteiger partial charge < -0.3 is 19.7 Å².